The molecule has 198 valence electrons. The van der Waals surface area contributed by atoms with Gasteiger partial charge in [0.2, 0.25) is 5.76 Å². The molecule has 0 saturated heterocycles. The molecule has 1 aromatic carbocycles. The van der Waals surface area contributed by atoms with Crippen molar-refractivity contribution < 1.29 is 56.0 Å². The fraction of sp³-hybridized carbons (Fsp3) is 0.364. The van der Waals surface area contributed by atoms with E-state index in [4.69, 9.17) is 23.7 Å². The minimum absolute atomic E-state index is 0.166. The van der Waals surface area contributed by atoms with Crippen molar-refractivity contribution >= 4 is 29.6 Å². The van der Waals surface area contributed by atoms with Crippen LogP contribution in [0.15, 0.2) is 24.1 Å². The van der Waals surface area contributed by atoms with Crippen molar-refractivity contribution in [1.82, 2.24) is 15.0 Å². The summed E-state index contributed by atoms with van der Waals surface area (Å²) in [7, 11) is 0. The summed E-state index contributed by atoms with van der Waals surface area (Å²) in [5.74, 6) is -8.43. The van der Waals surface area contributed by atoms with Crippen LogP contribution >= 0.6 is 0 Å². The molecule has 1 aliphatic heterocycles. The van der Waals surface area contributed by atoms with Crippen LogP contribution in [-0.4, -0.2) is 64.0 Å². The summed E-state index contributed by atoms with van der Waals surface area (Å²) in [5.41, 5.74) is -0.621. The molecule has 37 heavy (non-hydrogen) atoms. The van der Waals surface area contributed by atoms with Gasteiger partial charge >= 0.3 is 23.9 Å². The van der Waals surface area contributed by atoms with Gasteiger partial charge in [0.25, 0.3) is 6.29 Å². The Hall–Kier alpha value is -4.27. The van der Waals surface area contributed by atoms with Crippen molar-refractivity contribution in [3.8, 4) is 11.3 Å². The molecule has 0 spiro atoms. The van der Waals surface area contributed by atoms with Crippen LogP contribution in [0.3, 0.4) is 0 Å². The van der Waals surface area contributed by atoms with Gasteiger partial charge in [0.1, 0.15) is 24.1 Å². The highest BCUT2D eigenvalue weighted by Gasteiger charge is 2.45. The van der Waals surface area contributed by atoms with Gasteiger partial charge in [0, 0.05) is 33.3 Å². The number of rotatable bonds is 7. The number of esters is 4. The van der Waals surface area contributed by atoms with Crippen molar-refractivity contribution in [2.45, 2.75) is 46.2 Å². The van der Waals surface area contributed by atoms with E-state index < -0.39 is 72.2 Å². The Morgan fingerprint density at radius 1 is 0.946 bits per heavy atom. The molecule has 0 bridgehead atoms. The SMILES string of the molecule is CC(=O)OCC1O[C@@H](OC(C)=O)C(OC(C)=O)=C(n2cc(-c3cc(F)c(F)c(F)c3)nn2)[C@H]1OC(C)=O. The predicted octanol–water partition coefficient (Wildman–Crippen LogP) is 1.88. The second kappa shape index (κ2) is 11.2. The number of halogens is 3. The number of hydrogen-bond acceptors (Lipinski definition) is 11. The van der Waals surface area contributed by atoms with E-state index in [1.807, 2.05) is 0 Å². The number of ether oxygens (including phenoxy) is 5. The monoisotopic (exact) mass is 527 g/mol. The summed E-state index contributed by atoms with van der Waals surface area (Å²) in [6.07, 6.45) is -3.38. The quantitative estimate of drug-likeness (QED) is 0.296. The Bertz CT molecular complexity index is 1250. The normalized spacial score (nSPS) is 19.3. The van der Waals surface area contributed by atoms with Crippen LogP contribution in [0.1, 0.15) is 27.7 Å². The fourth-order valence-electron chi connectivity index (χ4n) is 3.31. The molecule has 0 fully saturated rings. The highest BCUT2D eigenvalue weighted by atomic mass is 19.2. The summed E-state index contributed by atoms with van der Waals surface area (Å²) < 4.78 is 68.1. The molecular formula is C22H20F3N3O9. The van der Waals surface area contributed by atoms with Crippen LogP contribution in [0.2, 0.25) is 0 Å². The van der Waals surface area contributed by atoms with Crippen LogP contribution in [0.4, 0.5) is 13.2 Å². The van der Waals surface area contributed by atoms with E-state index in [0.29, 0.717) is 12.1 Å². The summed E-state index contributed by atoms with van der Waals surface area (Å²) in [5, 5.41) is 7.63. The zero-order valence-corrected chi connectivity index (χ0v) is 19.8. The summed E-state index contributed by atoms with van der Waals surface area (Å²) in [6.45, 7) is 3.73. The number of hydrogen-bond donors (Lipinski definition) is 0. The molecule has 2 aromatic rings. The van der Waals surface area contributed by atoms with Gasteiger partial charge in [-0.1, -0.05) is 5.21 Å². The number of carbonyl (C=O) groups excluding carboxylic acids is 4. The topological polar surface area (TPSA) is 145 Å². The first kappa shape index (κ1) is 27.3. The average Bonchev–Trinajstić information content (AvgIpc) is 3.26. The van der Waals surface area contributed by atoms with Gasteiger partial charge in [0.15, 0.2) is 23.6 Å². The summed E-state index contributed by atoms with van der Waals surface area (Å²) in [6, 6.07) is 1.35. The van der Waals surface area contributed by atoms with E-state index in [-0.39, 0.29) is 17.0 Å². The van der Waals surface area contributed by atoms with Gasteiger partial charge in [-0.05, 0) is 12.1 Å². The van der Waals surface area contributed by atoms with E-state index in [1.54, 1.807) is 0 Å². The van der Waals surface area contributed by atoms with Crippen molar-refractivity contribution in [3.63, 3.8) is 0 Å². The number of aromatic nitrogens is 3. The van der Waals surface area contributed by atoms with E-state index in [0.717, 1.165) is 38.6 Å². The maximum absolute atomic E-state index is 13.8. The van der Waals surface area contributed by atoms with Crippen LogP contribution in [0, 0.1) is 17.5 Å². The largest absolute Gasteiger partial charge is 0.463 e. The van der Waals surface area contributed by atoms with Crippen LogP contribution < -0.4 is 0 Å². The third-order valence-electron chi connectivity index (χ3n) is 4.66. The Morgan fingerprint density at radius 2 is 1.57 bits per heavy atom. The third-order valence-corrected chi connectivity index (χ3v) is 4.66. The smallest absolute Gasteiger partial charge is 0.308 e. The molecule has 3 rings (SSSR count). The van der Waals surface area contributed by atoms with Crippen molar-refractivity contribution in [2.75, 3.05) is 6.61 Å². The van der Waals surface area contributed by atoms with Crippen molar-refractivity contribution in [1.29, 1.82) is 0 Å². The molecule has 3 atom stereocenters. The molecule has 15 heteroatoms. The molecule has 2 heterocycles. The predicted molar refractivity (Wildman–Crippen MR) is 113 cm³/mol. The summed E-state index contributed by atoms with van der Waals surface area (Å²) >= 11 is 0. The Kier molecular flexibility index (Phi) is 8.27. The highest BCUT2D eigenvalue weighted by molar-refractivity contribution is 5.73. The molecule has 1 aliphatic rings. The lowest BCUT2D eigenvalue weighted by Crippen LogP contribution is -2.48. The highest BCUT2D eigenvalue weighted by Crippen LogP contribution is 2.34. The maximum Gasteiger partial charge on any atom is 0.308 e. The van der Waals surface area contributed by atoms with Crippen LogP contribution in [0.25, 0.3) is 17.0 Å². The molecule has 0 aliphatic carbocycles. The maximum atomic E-state index is 13.8. The summed E-state index contributed by atoms with van der Waals surface area (Å²) in [4.78, 5) is 46.9. The minimum Gasteiger partial charge on any atom is -0.463 e. The molecule has 0 saturated carbocycles. The molecule has 12 nitrogen and oxygen atoms in total. The standard InChI is InChI=1S/C22H20F3N3O9/c1-9(29)33-8-17-20(34-10(2)30)19(21(35-11(3)31)22(37-17)36-12(4)32)28-7-16(26-27-28)13-5-14(23)18(25)15(24)6-13/h5-7,17,20,22H,8H2,1-4H3/t17?,20-,22+/m0/s1. The van der Waals surface area contributed by atoms with E-state index in [2.05, 4.69) is 10.3 Å². The van der Waals surface area contributed by atoms with E-state index in [1.165, 1.54) is 0 Å². The Morgan fingerprint density at radius 3 is 2.11 bits per heavy atom. The first-order valence-corrected chi connectivity index (χ1v) is 10.5. The number of carbonyl (C=O) groups is 4. The Balaban J connectivity index is 2.21. The first-order valence-electron chi connectivity index (χ1n) is 10.5. The molecule has 0 amide bonds. The van der Waals surface area contributed by atoms with Gasteiger partial charge in [-0.2, -0.15) is 0 Å². The zero-order chi connectivity index (χ0) is 27.4. The van der Waals surface area contributed by atoms with Gasteiger partial charge in [-0.25, -0.2) is 17.9 Å². The van der Waals surface area contributed by atoms with Crippen LogP contribution in [0.5, 0.6) is 0 Å². The second-order valence-electron chi connectivity index (χ2n) is 7.59. The third kappa shape index (κ3) is 6.49. The van der Waals surface area contributed by atoms with Crippen molar-refractivity contribution in [2.24, 2.45) is 0 Å². The number of benzene rings is 1. The van der Waals surface area contributed by atoms with Crippen LogP contribution in [-0.2, 0) is 42.9 Å². The van der Waals surface area contributed by atoms with Gasteiger partial charge in [-0.15, -0.1) is 5.10 Å². The van der Waals surface area contributed by atoms with Gasteiger partial charge < -0.3 is 23.7 Å². The fourth-order valence-corrected chi connectivity index (χ4v) is 3.31. The first-order chi connectivity index (χ1) is 17.4. The van der Waals surface area contributed by atoms with E-state index in [9.17, 15) is 32.3 Å². The second-order valence-corrected chi connectivity index (χ2v) is 7.59. The Labute approximate surface area is 206 Å². The minimum atomic E-state index is -1.70. The lowest BCUT2D eigenvalue weighted by atomic mass is 10.1. The molecule has 0 N–H and O–H groups in total. The molecule has 1 unspecified atom stereocenters. The molecular weight excluding hydrogens is 507 g/mol. The van der Waals surface area contributed by atoms with Crippen molar-refractivity contribution in [3.05, 3.63) is 41.5 Å². The number of nitrogens with zero attached hydrogens (tertiary/aromatic N) is 3. The van der Waals surface area contributed by atoms with E-state index >= 15 is 0 Å². The lowest BCUT2D eigenvalue weighted by molar-refractivity contribution is -0.214. The van der Waals surface area contributed by atoms with Gasteiger partial charge in [-0.3, -0.25) is 19.2 Å². The average molecular weight is 527 g/mol. The van der Waals surface area contributed by atoms with Gasteiger partial charge in [0.05, 0.1) is 6.20 Å². The zero-order valence-electron chi connectivity index (χ0n) is 19.8. The molecule has 1 aromatic heterocycles. The lowest BCUT2D eigenvalue weighted by Gasteiger charge is -2.36. The molecule has 0 radical (unpaired) electrons.